The number of nitrogens with zero attached hydrogens (tertiary/aromatic N) is 2. The van der Waals surface area contributed by atoms with Gasteiger partial charge in [0.05, 0.1) is 0 Å². The maximum atomic E-state index is 12.1. The molecule has 1 saturated heterocycles. The predicted octanol–water partition coefficient (Wildman–Crippen LogP) is 3.13. The molecule has 112 valence electrons. The molecular formula is C17H16N2O2S. The fraction of sp³-hybridized carbons (Fsp3) is 0.235. The molecule has 0 N–H and O–H groups in total. The maximum absolute atomic E-state index is 12.1. The van der Waals surface area contributed by atoms with Crippen LogP contribution in [-0.2, 0) is 9.59 Å². The third-order valence-corrected chi connectivity index (χ3v) is 4.53. The number of anilines is 1. The lowest BCUT2D eigenvalue weighted by Crippen LogP contribution is -2.25. The van der Waals surface area contributed by atoms with Crippen LogP contribution in [0, 0.1) is 0 Å². The first kappa shape index (κ1) is 14.8. The van der Waals surface area contributed by atoms with Crippen LogP contribution >= 0.6 is 11.8 Å². The second kappa shape index (κ2) is 6.32. The van der Waals surface area contributed by atoms with Gasteiger partial charge in [0.25, 0.3) is 0 Å². The molecule has 1 unspecified atom stereocenters. The Morgan fingerprint density at radius 1 is 1.18 bits per heavy atom. The Kier molecular flexibility index (Phi) is 4.24. The van der Waals surface area contributed by atoms with E-state index >= 15 is 0 Å². The Labute approximate surface area is 133 Å². The van der Waals surface area contributed by atoms with Gasteiger partial charge >= 0.3 is 0 Å². The van der Waals surface area contributed by atoms with Gasteiger partial charge in [-0.25, -0.2) is 4.98 Å². The van der Waals surface area contributed by atoms with Crippen molar-refractivity contribution in [1.82, 2.24) is 4.98 Å². The number of pyridine rings is 1. The van der Waals surface area contributed by atoms with E-state index in [1.54, 1.807) is 11.1 Å². The zero-order valence-electron chi connectivity index (χ0n) is 12.2. The van der Waals surface area contributed by atoms with Gasteiger partial charge in [0.1, 0.15) is 5.82 Å². The molecule has 1 aliphatic heterocycles. The Bertz CT molecular complexity index is 686. The SMILES string of the molecule is CC(=O)SC1CC(=O)N(c2ccc(-c3ccccc3)cn2)C1. The van der Waals surface area contributed by atoms with Crippen LogP contribution in [0.3, 0.4) is 0 Å². The number of hydrogen-bond donors (Lipinski definition) is 0. The third kappa shape index (κ3) is 3.20. The standard InChI is InChI=1S/C17H16N2O2S/c1-12(20)22-15-9-17(21)19(11-15)16-8-7-14(10-18-16)13-5-3-2-4-6-13/h2-8,10,15H,9,11H2,1H3. The van der Waals surface area contributed by atoms with Crippen LogP contribution in [0.25, 0.3) is 11.1 Å². The van der Waals surface area contributed by atoms with E-state index < -0.39 is 0 Å². The molecule has 1 amide bonds. The third-order valence-electron chi connectivity index (χ3n) is 3.55. The van der Waals surface area contributed by atoms with E-state index in [1.807, 2.05) is 42.5 Å². The molecule has 0 spiro atoms. The highest BCUT2D eigenvalue weighted by Gasteiger charge is 2.32. The van der Waals surface area contributed by atoms with Crippen molar-refractivity contribution in [3.05, 3.63) is 48.7 Å². The molecule has 0 radical (unpaired) electrons. The van der Waals surface area contributed by atoms with Gasteiger partial charge in [0.2, 0.25) is 5.91 Å². The van der Waals surface area contributed by atoms with Crippen LogP contribution in [0.15, 0.2) is 48.7 Å². The lowest BCUT2D eigenvalue weighted by molar-refractivity contribution is -0.117. The molecule has 1 aliphatic rings. The summed E-state index contributed by atoms with van der Waals surface area (Å²) in [4.78, 5) is 29.3. The number of aromatic nitrogens is 1. The summed E-state index contributed by atoms with van der Waals surface area (Å²) in [6, 6.07) is 13.8. The molecular weight excluding hydrogens is 296 g/mol. The summed E-state index contributed by atoms with van der Waals surface area (Å²) in [5.74, 6) is 0.676. The van der Waals surface area contributed by atoms with Gasteiger partial charge in [0.15, 0.2) is 5.12 Å². The average molecular weight is 312 g/mol. The van der Waals surface area contributed by atoms with Gasteiger partial charge in [-0.05, 0) is 17.7 Å². The smallest absolute Gasteiger partial charge is 0.229 e. The number of benzene rings is 1. The van der Waals surface area contributed by atoms with Crippen LogP contribution in [0.5, 0.6) is 0 Å². The predicted molar refractivity (Wildman–Crippen MR) is 88.7 cm³/mol. The van der Waals surface area contributed by atoms with Crippen LogP contribution in [0.2, 0.25) is 0 Å². The molecule has 2 aromatic rings. The fourth-order valence-electron chi connectivity index (χ4n) is 2.56. The first-order valence-corrected chi connectivity index (χ1v) is 8.00. The quantitative estimate of drug-likeness (QED) is 0.873. The minimum absolute atomic E-state index is 0.0266. The fourth-order valence-corrected chi connectivity index (χ4v) is 3.48. The van der Waals surface area contributed by atoms with E-state index in [2.05, 4.69) is 4.98 Å². The zero-order chi connectivity index (χ0) is 15.5. The summed E-state index contributed by atoms with van der Waals surface area (Å²) >= 11 is 1.24. The first-order valence-electron chi connectivity index (χ1n) is 7.12. The molecule has 1 atom stereocenters. The highest BCUT2D eigenvalue weighted by Crippen LogP contribution is 2.28. The number of rotatable bonds is 3. The van der Waals surface area contributed by atoms with Gasteiger partial charge in [-0.15, -0.1) is 0 Å². The van der Waals surface area contributed by atoms with Crippen LogP contribution < -0.4 is 4.90 Å². The lowest BCUT2D eigenvalue weighted by Gasteiger charge is -2.15. The average Bonchev–Trinajstić information content (AvgIpc) is 2.88. The summed E-state index contributed by atoms with van der Waals surface area (Å²) in [6.07, 6.45) is 2.18. The molecule has 5 heteroatoms. The minimum atomic E-state index is 0.0266. The molecule has 1 aromatic heterocycles. The minimum Gasteiger partial charge on any atom is -0.296 e. The van der Waals surface area contributed by atoms with Gasteiger partial charge in [-0.1, -0.05) is 42.1 Å². The van der Waals surface area contributed by atoms with E-state index in [0.29, 0.717) is 18.8 Å². The van der Waals surface area contributed by atoms with Gasteiger partial charge in [-0.3, -0.25) is 14.5 Å². The van der Waals surface area contributed by atoms with E-state index in [9.17, 15) is 9.59 Å². The number of carbonyl (C=O) groups is 2. The lowest BCUT2D eigenvalue weighted by atomic mass is 10.1. The number of thioether (sulfide) groups is 1. The van der Waals surface area contributed by atoms with E-state index in [-0.39, 0.29) is 16.3 Å². The Morgan fingerprint density at radius 2 is 1.95 bits per heavy atom. The van der Waals surface area contributed by atoms with Crippen molar-refractivity contribution in [2.24, 2.45) is 0 Å². The highest BCUT2D eigenvalue weighted by atomic mass is 32.2. The normalized spacial score (nSPS) is 17.8. The maximum Gasteiger partial charge on any atom is 0.229 e. The molecule has 1 fully saturated rings. The monoisotopic (exact) mass is 312 g/mol. The van der Waals surface area contributed by atoms with Crippen molar-refractivity contribution in [2.45, 2.75) is 18.6 Å². The highest BCUT2D eigenvalue weighted by molar-refractivity contribution is 8.14. The molecule has 4 nitrogen and oxygen atoms in total. The summed E-state index contributed by atoms with van der Waals surface area (Å²) in [6.45, 7) is 2.07. The Balaban J connectivity index is 1.76. The van der Waals surface area contributed by atoms with Crippen molar-refractivity contribution in [1.29, 1.82) is 0 Å². The Morgan fingerprint density at radius 3 is 2.59 bits per heavy atom. The molecule has 0 bridgehead atoms. The number of amides is 1. The molecule has 1 aromatic carbocycles. The molecule has 3 rings (SSSR count). The second-order valence-electron chi connectivity index (χ2n) is 5.21. The van der Waals surface area contributed by atoms with Crippen molar-refractivity contribution in [3.8, 4) is 11.1 Å². The van der Waals surface area contributed by atoms with E-state index in [0.717, 1.165) is 11.1 Å². The summed E-state index contributed by atoms with van der Waals surface area (Å²) in [7, 11) is 0. The van der Waals surface area contributed by atoms with Gasteiger partial charge < -0.3 is 0 Å². The van der Waals surface area contributed by atoms with Crippen LogP contribution in [0.1, 0.15) is 13.3 Å². The second-order valence-corrected chi connectivity index (χ2v) is 6.69. The zero-order valence-corrected chi connectivity index (χ0v) is 13.0. The summed E-state index contributed by atoms with van der Waals surface area (Å²) in [5, 5.41) is 0.0765. The van der Waals surface area contributed by atoms with Gasteiger partial charge in [-0.2, -0.15) is 0 Å². The molecule has 0 aliphatic carbocycles. The van der Waals surface area contributed by atoms with E-state index in [1.165, 1.54) is 18.7 Å². The largest absolute Gasteiger partial charge is 0.296 e. The van der Waals surface area contributed by atoms with Crippen molar-refractivity contribution in [3.63, 3.8) is 0 Å². The van der Waals surface area contributed by atoms with Crippen LogP contribution in [-0.4, -0.2) is 27.8 Å². The summed E-state index contributed by atoms with van der Waals surface area (Å²) < 4.78 is 0. The van der Waals surface area contributed by atoms with Gasteiger partial charge in [0, 0.05) is 36.9 Å². The number of hydrogen-bond acceptors (Lipinski definition) is 4. The molecule has 2 heterocycles. The Hall–Kier alpha value is -2.14. The van der Waals surface area contributed by atoms with Crippen molar-refractivity contribution < 1.29 is 9.59 Å². The summed E-state index contributed by atoms with van der Waals surface area (Å²) in [5.41, 5.74) is 2.12. The molecule has 0 saturated carbocycles. The molecule has 22 heavy (non-hydrogen) atoms. The topological polar surface area (TPSA) is 50.3 Å². The number of carbonyl (C=O) groups excluding carboxylic acids is 2. The van der Waals surface area contributed by atoms with Crippen molar-refractivity contribution in [2.75, 3.05) is 11.4 Å². The first-order chi connectivity index (χ1) is 10.6. The van der Waals surface area contributed by atoms with E-state index in [4.69, 9.17) is 0 Å². The van der Waals surface area contributed by atoms with Crippen LogP contribution in [0.4, 0.5) is 5.82 Å². The van der Waals surface area contributed by atoms with Crippen molar-refractivity contribution >= 4 is 28.6 Å².